The molecule has 2 aromatic carbocycles. The zero-order chi connectivity index (χ0) is 20.6. The van der Waals surface area contributed by atoms with E-state index in [1.54, 1.807) is 19.1 Å². The van der Waals surface area contributed by atoms with E-state index in [-0.39, 0.29) is 11.5 Å². The number of nitrogens with zero attached hydrogens (tertiary/aromatic N) is 2. The summed E-state index contributed by atoms with van der Waals surface area (Å²) < 4.78 is 25.9. The quantitative estimate of drug-likeness (QED) is 0.436. The van der Waals surface area contributed by atoms with Crippen molar-refractivity contribution in [1.82, 2.24) is 4.98 Å². The van der Waals surface area contributed by atoms with Crippen LogP contribution in [0.2, 0.25) is 0 Å². The van der Waals surface area contributed by atoms with Crippen molar-refractivity contribution in [3.63, 3.8) is 0 Å². The van der Waals surface area contributed by atoms with Crippen LogP contribution in [0.1, 0.15) is 28.4 Å². The van der Waals surface area contributed by atoms with Crippen molar-refractivity contribution in [1.29, 1.82) is 0 Å². The minimum Gasteiger partial charge on any atom is -0.293 e. The van der Waals surface area contributed by atoms with Gasteiger partial charge in [-0.25, -0.2) is 13.4 Å². The number of fused-ring (bicyclic) bond motifs is 2. The number of hydrogen-bond acceptors (Lipinski definition) is 5. The lowest BCUT2D eigenvalue weighted by molar-refractivity contribution is 0.102. The molecular formula is C22H22N2O3S2. The summed E-state index contributed by atoms with van der Waals surface area (Å²) in [7, 11) is -3.28. The maximum atomic E-state index is 12.7. The topological polar surface area (TPSA) is 67.3 Å². The number of rotatable bonds is 6. The average molecular weight is 427 g/mol. The highest BCUT2D eigenvalue weighted by molar-refractivity contribution is 7.99. The predicted molar refractivity (Wildman–Crippen MR) is 118 cm³/mol. The molecule has 4 rings (SSSR count). The van der Waals surface area contributed by atoms with Crippen LogP contribution in [0.4, 0.5) is 5.69 Å². The summed E-state index contributed by atoms with van der Waals surface area (Å²) in [4.78, 5) is 17.4. The Morgan fingerprint density at radius 1 is 1.17 bits per heavy atom. The van der Waals surface area contributed by atoms with Crippen LogP contribution in [0, 0.1) is 6.92 Å². The van der Waals surface area contributed by atoms with Crippen LogP contribution in [-0.4, -0.2) is 37.2 Å². The lowest BCUT2D eigenvalue weighted by Gasteiger charge is -2.18. The van der Waals surface area contributed by atoms with E-state index in [9.17, 15) is 13.2 Å². The van der Waals surface area contributed by atoms with Gasteiger partial charge in [0, 0.05) is 17.5 Å². The van der Waals surface area contributed by atoms with Crippen LogP contribution >= 0.6 is 11.8 Å². The summed E-state index contributed by atoms with van der Waals surface area (Å²) in [5.74, 6) is 0.380. The van der Waals surface area contributed by atoms with Crippen LogP contribution in [0.5, 0.6) is 0 Å². The van der Waals surface area contributed by atoms with Crippen LogP contribution in [0.25, 0.3) is 10.9 Å². The van der Waals surface area contributed by atoms with Gasteiger partial charge in [0.15, 0.2) is 5.78 Å². The molecule has 0 saturated heterocycles. The first-order valence-corrected chi connectivity index (χ1v) is 12.1. The van der Waals surface area contributed by atoms with Gasteiger partial charge in [0.1, 0.15) is 0 Å². The third-order valence-corrected chi connectivity index (χ3v) is 7.90. The largest absolute Gasteiger partial charge is 0.293 e. The van der Waals surface area contributed by atoms with Gasteiger partial charge in [0.2, 0.25) is 10.0 Å². The molecule has 0 fully saturated rings. The molecule has 0 saturated carbocycles. The number of aromatic nitrogens is 1. The Bertz CT molecular complexity index is 1210. The van der Waals surface area contributed by atoms with E-state index in [0.29, 0.717) is 30.0 Å². The first kappa shape index (κ1) is 19.9. The molecule has 0 spiro atoms. The van der Waals surface area contributed by atoms with Gasteiger partial charge >= 0.3 is 0 Å². The van der Waals surface area contributed by atoms with E-state index in [1.807, 2.05) is 43.3 Å². The van der Waals surface area contributed by atoms with Gasteiger partial charge in [-0.1, -0.05) is 30.0 Å². The molecule has 0 amide bonds. The summed E-state index contributed by atoms with van der Waals surface area (Å²) in [6.45, 7) is 4.13. The number of sulfonamides is 1. The normalized spacial score (nSPS) is 13.7. The molecule has 0 radical (unpaired) electrons. The van der Waals surface area contributed by atoms with Crippen molar-refractivity contribution in [2.45, 2.75) is 25.3 Å². The van der Waals surface area contributed by atoms with Gasteiger partial charge in [0.25, 0.3) is 0 Å². The number of carbonyl (C=O) groups is 1. The average Bonchev–Trinajstić information content (AvgIpc) is 3.16. The summed E-state index contributed by atoms with van der Waals surface area (Å²) in [6.07, 6.45) is 0.633. The number of hydrogen-bond donors (Lipinski definition) is 0. The molecule has 29 heavy (non-hydrogen) atoms. The van der Waals surface area contributed by atoms with Gasteiger partial charge < -0.3 is 0 Å². The monoisotopic (exact) mass is 426 g/mol. The van der Waals surface area contributed by atoms with E-state index >= 15 is 0 Å². The zero-order valence-corrected chi connectivity index (χ0v) is 18.0. The van der Waals surface area contributed by atoms with E-state index in [2.05, 4.69) is 4.98 Å². The number of aryl methyl sites for hydroxylation is 1. The second-order valence-electron chi connectivity index (χ2n) is 7.07. The number of Topliss-reactive ketones (excluding diaryl/α,β-unsaturated/α-hetero) is 1. The predicted octanol–water partition coefficient (Wildman–Crippen LogP) is 4.23. The smallest absolute Gasteiger partial charge is 0.234 e. The minimum atomic E-state index is -3.28. The zero-order valence-electron chi connectivity index (χ0n) is 16.4. The molecule has 0 bridgehead atoms. The molecule has 2 heterocycles. The lowest BCUT2D eigenvalue weighted by atomic mass is 10.1. The summed E-state index contributed by atoms with van der Waals surface area (Å²) in [5, 5.41) is 1.95. The Hall–Kier alpha value is -2.38. The number of carbonyl (C=O) groups excluding carboxylic acids is 1. The fourth-order valence-corrected chi connectivity index (χ4v) is 5.63. The molecule has 0 unspecified atom stereocenters. The second-order valence-corrected chi connectivity index (χ2v) is 10.3. The first-order valence-electron chi connectivity index (χ1n) is 9.55. The maximum absolute atomic E-state index is 12.7. The van der Waals surface area contributed by atoms with Crippen LogP contribution in [0.15, 0.2) is 53.6 Å². The van der Waals surface area contributed by atoms with Crippen molar-refractivity contribution in [3.05, 3.63) is 65.2 Å². The maximum Gasteiger partial charge on any atom is 0.234 e. The van der Waals surface area contributed by atoms with Gasteiger partial charge in [-0.05, 0) is 61.7 Å². The third-order valence-electron chi connectivity index (χ3n) is 5.21. The number of para-hydroxylation sites is 1. The fraction of sp³-hybridized carbons (Fsp3) is 0.273. The highest BCUT2D eigenvalue weighted by atomic mass is 32.2. The Balaban J connectivity index is 1.50. The molecular weight excluding hydrogens is 404 g/mol. The van der Waals surface area contributed by atoms with Gasteiger partial charge in [-0.2, -0.15) is 0 Å². The standard InChI is InChI=1S/C22H22N2O3S2/c1-3-29(26,27)24-11-10-16-13-17(8-9-20(16)24)21(25)14-28-22-12-15(2)18-6-4-5-7-19(18)23-22/h4-9,12-13H,3,10-11,14H2,1-2H3. The molecule has 0 N–H and O–H groups in total. The Morgan fingerprint density at radius 3 is 2.76 bits per heavy atom. The number of anilines is 1. The lowest BCUT2D eigenvalue weighted by Crippen LogP contribution is -2.30. The van der Waals surface area contributed by atoms with Gasteiger partial charge in [0.05, 0.1) is 27.7 Å². The number of ketones is 1. The minimum absolute atomic E-state index is 0.0159. The van der Waals surface area contributed by atoms with Crippen LogP contribution in [0.3, 0.4) is 0 Å². The SMILES string of the molecule is CCS(=O)(=O)N1CCc2cc(C(=O)CSc3cc(C)c4ccccc4n3)ccc21. The van der Waals surface area contributed by atoms with Gasteiger partial charge in [-0.15, -0.1) is 0 Å². The molecule has 3 aromatic rings. The highest BCUT2D eigenvalue weighted by Crippen LogP contribution is 2.32. The van der Waals surface area contributed by atoms with Crippen molar-refractivity contribution >= 4 is 44.2 Å². The summed E-state index contributed by atoms with van der Waals surface area (Å²) in [5.41, 5.74) is 4.29. The van der Waals surface area contributed by atoms with Gasteiger partial charge in [-0.3, -0.25) is 9.10 Å². The summed E-state index contributed by atoms with van der Waals surface area (Å²) >= 11 is 1.43. The Morgan fingerprint density at radius 2 is 1.97 bits per heavy atom. The molecule has 1 aliphatic heterocycles. The molecule has 1 aliphatic rings. The Labute approximate surface area is 175 Å². The van der Waals surface area contributed by atoms with E-state index in [4.69, 9.17) is 0 Å². The second kappa shape index (κ2) is 7.80. The van der Waals surface area contributed by atoms with Crippen molar-refractivity contribution in [2.24, 2.45) is 0 Å². The Kier molecular flexibility index (Phi) is 5.36. The van der Waals surface area contributed by atoms with Crippen molar-refractivity contribution < 1.29 is 13.2 Å². The first-order chi connectivity index (χ1) is 13.9. The van der Waals surface area contributed by atoms with Crippen LogP contribution < -0.4 is 4.31 Å². The van der Waals surface area contributed by atoms with E-state index in [1.165, 1.54) is 16.1 Å². The molecule has 150 valence electrons. The van der Waals surface area contributed by atoms with Crippen molar-refractivity contribution in [2.75, 3.05) is 22.4 Å². The molecule has 5 nitrogen and oxygen atoms in total. The van der Waals surface area contributed by atoms with E-state index in [0.717, 1.165) is 27.1 Å². The molecule has 0 atom stereocenters. The van der Waals surface area contributed by atoms with Crippen LogP contribution in [-0.2, 0) is 16.4 Å². The van der Waals surface area contributed by atoms with E-state index < -0.39 is 10.0 Å². The molecule has 0 aliphatic carbocycles. The fourth-order valence-electron chi connectivity index (χ4n) is 3.61. The number of benzene rings is 2. The van der Waals surface area contributed by atoms with Crippen molar-refractivity contribution in [3.8, 4) is 0 Å². The number of pyridine rings is 1. The third kappa shape index (κ3) is 3.89. The molecule has 7 heteroatoms. The molecule has 1 aromatic heterocycles. The summed E-state index contributed by atoms with van der Waals surface area (Å²) in [6, 6.07) is 15.3. The highest BCUT2D eigenvalue weighted by Gasteiger charge is 2.28. The number of thioether (sulfide) groups is 1.